The second-order valence-electron chi connectivity index (χ2n) is 6.26. The fraction of sp³-hybridized carbons (Fsp3) is 0.350. The van der Waals surface area contributed by atoms with E-state index < -0.39 is 0 Å². The molecular formula is C20H25BrIN3O2. The molecule has 5 nitrogen and oxygen atoms in total. The topological polar surface area (TPSA) is 54.9 Å². The van der Waals surface area contributed by atoms with Gasteiger partial charge in [-0.25, -0.2) is 0 Å². The molecule has 1 aliphatic rings. The van der Waals surface area contributed by atoms with Crippen LogP contribution in [-0.4, -0.2) is 33.3 Å². The van der Waals surface area contributed by atoms with Crippen LogP contribution in [0.2, 0.25) is 0 Å². The summed E-state index contributed by atoms with van der Waals surface area (Å²) in [5, 5.41) is 6.86. The molecule has 2 N–H and O–H groups in total. The summed E-state index contributed by atoms with van der Waals surface area (Å²) in [6.45, 7) is 0.662. The largest absolute Gasteiger partial charge is 0.493 e. The van der Waals surface area contributed by atoms with Gasteiger partial charge >= 0.3 is 0 Å². The molecule has 2 aromatic carbocycles. The number of nitrogens with zero attached hydrogens (tertiary/aromatic N) is 1. The lowest BCUT2D eigenvalue weighted by Crippen LogP contribution is -2.38. The SMILES string of the molecule is CN=C(NCc1ccc(OC)c(OC)c1)NC1CC1c1ccc(Br)cc1.I. The van der Waals surface area contributed by atoms with Gasteiger partial charge in [-0.2, -0.15) is 0 Å². The highest BCUT2D eigenvalue weighted by Crippen LogP contribution is 2.41. The lowest BCUT2D eigenvalue weighted by Gasteiger charge is -2.13. The molecule has 2 aromatic rings. The summed E-state index contributed by atoms with van der Waals surface area (Å²) < 4.78 is 11.7. The van der Waals surface area contributed by atoms with Crippen LogP contribution >= 0.6 is 39.9 Å². The first-order chi connectivity index (χ1) is 12.6. The van der Waals surface area contributed by atoms with Gasteiger partial charge in [-0.1, -0.05) is 34.1 Å². The minimum Gasteiger partial charge on any atom is -0.493 e. The van der Waals surface area contributed by atoms with Crippen molar-refractivity contribution in [2.45, 2.75) is 24.9 Å². The number of benzene rings is 2. The molecule has 27 heavy (non-hydrogen) atoms. The molecule has 0 bridgehead atoms. The van der Waals surface area contributed by atoms with Crippen molar-refractivity contribution in [3.8, 4) is 11.5 Å². The minimum atomic E-state index is 0. The van der Waals surface area contributed by atoms with E-state index in [1.165, 1.54) is 5.56 Å². The van der Waals surface area contributed by atoms with E-state index in [0.717, 1.165) is 33.9 Å². The van der Waals surface area contributed by atoms with Crippen molar-refractivity contribution in [3.63, 3.8) is 0 Å². The number of guanidine groups is 1. The molecule has 0 aromatic heterocycles. The van der Waals surface area contributed by atoms with Crippen molar-refractivity contribution in [1.82, 2.24) is 10.6 Å². The third-order valence-corrected chi connectivity index (χ3v) is 5.07. The fourth-order valence-electron chi connectivity index (χ4n) is 2.98. The van der Waals surface area contributed by atoms with Crippen molar-refractivity contribution >= 4 is 45.9 Å². The second kappa shape index (κ2) is 10.2. The molecule has 2 atom stereocenters. The summed E-state index contributed by atoms with van der Waals surface area (Å²) in [6.07, 6.45) is 1.12. The lowest BCUT2D eigenvalue weighted by atomic mass is 10.1. The number of methoxy groups -OCH3 is 2. The van der Waals surface area contributed by atoms with Crippen molar-refractivity contribution < 1.29 is 9.47 Å². The smallest absolute Gasteiger partial charge is 0.191 e. The molecule has 0 radical (unpaired) electrons. The van der Waals surface area contributed by atoms with Gasteiger partial charge in [0.25, 0.3) is 0 Å². The summed E-state index contributed by atoms with van der Waals surface area (Å²) in [6, 6.07) is 14.9. The van der Waals surface area contributed by atoms with Gasteiger partial charge in [0.05, 0.1) is 14.2 Å². The zero-order chi connectivity index (χ0) is 18.5. The number of hydrogen-bond acceptors (Lipinski definition) is 3. The number of halogens is 2. The first kappa shape index (κ1) is 21.8. The zero-order valence-corrected chi connectivity index (χ0v) is 19.6. The third-order valence-electron chi connectivity index (χ3n) is 4.54. The van der Waals surface area contributed by atoms with E-state index in [-0.39, 0.29) is 24.0 Å². The summed E-state index contributed by atoms with van der Waals surface area (Å²) >= 11 is 3.48. The molecule has 0 amide bonds. The van der Waals surface area contributed by atoms with Crippen LogP contribution in [0, 0.1) is 0 Å². The Labute approximate surface area is 186 Å². The minimum absolute atomic E-state index is 0. The summed E-state index contributed by atoms with van der Waals surface area (Å²) in [7, 11) is 5.07. The van der Waals surface area contributed by atoms with Crippen LogP contribution in [0.3, 0.4) is 0 Å². The standard InChI is InChI=1S/C20H24BrN3O2.HI/c1-22-20(23-12-13-4-9-18(25-2)19(10-13)26-3)24-17-11-16(17)14-5-7-15(21)8-6-14;/h4-10,16-17H,11-12H2,1-3H3,(H2,22,23,24);1H. The van der Waals surface area contributed by atoms with E-state index >= 15 is 0 Å². The number of hydrogen-bond donors (Lipinski definition) is 2. The van der Waals surface area contributed by atoms with Gasteiger partial charge < -0.3 is 20.1 Å². The van der Waals surface area contributed by atoms with E-state index in [1.807, 2.05) is 18.2 Å². The Morgan fingerprint density at radius 1 is 1.11 bits per heavy atom. The molecule has 0 aliphatic heterocycles. The highest BCUT2D eigenvalue weighted by Gasteiger charge is 2.38. The quantitative estimate of drug-likeness (QED) is 0.323. The fourth-order valence-corrected chi connectivity index (χ4v) is 3.24. The normalized spacial score (nSPS) is 18.3. The monoisotopic (exact) mass is 545 g/mol. The Morgan fingerprint density at radius 3 is 2.44 bits per heavy atom. The van der Waals surface area contributed by atoms with E-state index in [2.05, 4.69) is 55.8 Å². The molecule has 3 rings (SSSR count). The Hall–Kier alpha value is -1.48. The first-order valence-electron chi connectivity index (χ1n) is 8.58. The number of rotatable bonds is 6. The first-order valence-corrected chi connectivity index (χ1v) is 9.37. The molecule has 0 spiro atoms. The molecular weight excluding hydrogens is 521 g/mol. The van der Waals surface area contributed by atoms with Gasteiger partial charge in [-0.15, -0.1) is 24.0 Å². The van der Waals surface area contributed by atoms with Crippen molar-refractivity contribution in [3.05, 3.63) is 58.1 Å². The maximum absolute atomic E-state index is 5.35. The molecule has 1 saturated carbocycles. The van der Waals surface area contributed by atoms with Crippen molar-refractivity contribution in [2.75, 3.05) is 21.3 Å². The average molecular weight is 546 g/mol. The van der Waals surface area contributed by atoms with E-state index in [1.54, 1.807) is 21.3 Å². The number of nitrogens with one attached hydrogen (secondary N) is 2. The van der Waals surface area contributed by atoms with Gasteiger partial charge in [0, 0.05) is 30.0 Å². The van der Waals surface area contributed by atoms with Gasteiger partial charge in [0.2, 0.25) is 0 Å². The average Bonchev–Trinajstić information content (AvgIpc) is 3.44. The van der Waals surface area contributed by atoms with Crippen LogP contribution in [0.15, 0.2) is 51.9 Å². The Morgan fingerprint density at radius 2 is 1.81 bits per heavy atom. The van der Waals surface area contributed by atoms with E-state index in [9.17, 15) is 0 Å². The zero-order valence-electron chi connectivity index (χ0n) is 15.7. The summed E-state index contributed by atoms with van der Waals surface area (Å²) in [4.78, 5) is 4.33. The van der Waals surface area contributed by atoms with Crippen LogP contribution < -0.4 is 20.1 Å². The van der Waals surface area contributed by atoms with Crippen molar-refractivity contribution in [1.29, 1.82) is 0 Å². The highest BCUT2D eigenvalue weighted by atomic mass is 127. The van der Waals surface area contributed by atoms with Gasteiger partial charge in [0.15, 0.2) is 17.5 Å². The second-order valence-corrected chi connectivity index (χ2v) is 7.18. The molecule has 0 heterocycles. The third kappa shape index (κ3) is 5.75. The molecule has 7 heteroatoms. The summed E-state index contributed by atoms with van der Waals surface area (Å²) in [5.74, 6) is 2.81. The van der Waals surface area contributed by atoms with Crippen LogP contribution in [0.1, 0.15) is 23.5 Å². The molecule has 1 fully saturated rings. The van der Waals surface area contributed by atoms with Crippen LogP contribution in [0.5, 0.6) is 11.5 Å². The van der Waals surface area contributed by atoms with E-state index in [0.29, 0.717) is 18.5 Å². The van der Waals surface area contributed by atoms with Gasteiger partial charge in [-0.05, 0) is 41.8 Å². The highest BCUT2D eigenvalue weighted by molar-refractivity contribution is 14.0. The van der Waals surface area contributed by atoms with E-state index in [4.69, 9.17) is 9.47 Å². The Balaban J connectivity index is 0.00000261. The molecule has 1 aliphatic carbocycles. The van der Waals surface area contributed by atoms with Crippen LogP contribution in [0.25, 0.3) is 0 Å². The van der Waals surface area contributed by atoms with Crippen LogP contribution in [-0.2, 0) is 6.54 Å². The van der Waals surface area contributed by atoms with Gasteiger partial charge in [-0.3, -0.25) is 4.99 Å². The Kier molecular flexibility index (Phi) is 8.22. The number of aliphatic imine (C=N–C) groups is 1. The molecule has 146 valence electrons. The predicted molar refractivity (Wildman–Crippen MR) is 124 cm³/mol. The number of ether oxygens (including phenoxy) is 2. The summed E-state index contributed by atoms with van der Waals surface area (Å²) in [5.41, 5.74) is 2.46. The predicted octanol–water partition coefficient (Wildman–Crippen LogP) is 4.31. The maximum Gasteiger partial charge on any atom is 0.191 e. The Bertz CT molecular complexity index is 783. The van der Waals surface area contributed by atoms with Crippen molar-refractivity contribution in [2.24, 2.45) is 4.99 Å². The molecule has 0 saturated heterocycles. The maximum atomic E-state index is 5.35. The molecule has 2 unspecified atom stereocenters. The lowest BCUT2D eigenvalue weighted by molar-refractivity contribution is 0.354. The van der Waals surface area contributed by atoms with Crippen LogP contribution in [0.4, 0.5) is 0 Å². The van der Waals surface area contributed by atoms with Gasteiger partial charge in [0.1, 0.15) is 0 Å².